The molecule has 3 unspecified atom stereocenters. The number of aliphatic hydroxyl groups excluding tert-OH is 5. The first-order valence-electron chi connectivity index (χ1n) is 6.34. The smallest absolute Gasteiger partial charge is 0.407 e. The molecule has 0 aromatic heterocycles. The minimum Gasteiger partial charge on any atom is -0.440 e. The van der Waals surface area contributed by atoms with Crippen LogP contribution in [0.15, 0.2) is 0 Å². The third kappa shape index (κ3) is 5.01. The van der Waals surface area contributed by atoms with Gasteiger partial charge in [0.2, 0.25) is 0 Å². The maximum absolute atomic E-state index is 11.4. The van der Waals surface area contributed by atoms with Crippen LogP contribution in [-0.2, 0) is 14.9 Å². The minimum atomic E-state index is -4.15. The molecule has 1 aliphatic carbocycles. The average molecular weight is 345 g/mol. The Morgan fingerprint density at radius 2 is 1.41 bits per heavy atom. The molecule has 0 aliphatic heterocycles. The largest absolute Gasteiger partial charge is 0.440 e. The predicted molar refractivity (Wildman–Crippen MR) is 69.3 cm³/mol. The van der Waals surface area contributed by atoms with E-state index in [9.17, 15) is 38.7 Å². The molecule has 0 aromatic carbocycles. The van der Waals surface area contributed by atoms with Crippen LogP contribution in [0.25, 0.3) is 0 Å². The van der Waals surface area contributed by atoms with Crippen molar-refractivity contribution in [1.29, 1.82) is 0 Å². The van der Waals surface area contributed by atoms with Crippen molar-refractivity contribution in [2.45, 2.75) is 43.0 Å². The molecule has 0 spiro atoms. The second-order valence-corrected chi connectivity index (χ2v) is 6.46. The first kappa shape index (κ1) is 19.0. The van der Waals surface area contributed by atoms with Crippen molar-refractivity contribution in [3.8, 4) is 0 Å². The lowest BCUT2D eigenvalue weighted by atomic mass is 9.85. The van der Waals surface area contributed by atoms with Gasteiger partial charge in [0.25, 0.3) is 10.1 Å². The monoisotopic (exact) mass is 345 g/mol. The molecule has 7 N–H and O–H groups in total. The van der Waals surface area contributed by atoms with Gasteiger partial charge < -0.3 is 35.6 Å². The summed E-state index contributed by atoms with van der Waals surface area (Å²) in [5.74, 6) is -0.578. The van der Waals surface area contributed by atoms with Crippen molar-refractivity contribution in [3.05, 3.63) is 0 Å². The fourth-order valence-corrected chi connectivity index (χ4v) is 2.46. The number of hydrogen-bond donors (Lipinski definition) is 7. The third-order valence-corrected chi connectivity index (χ3v) is 3.97. The van der Waals surface area contributed by atoms with Crippen LogP contribution in [0, 0.1) is 0 Å². The standard InChI is InChI=1S/C10H19NO10S/c12-4-5(13)7(15)9(8(16)6(4)14)21-10(17)11-2-1-3-22(18,19)20/h4-9,12-16H,1-3H2,(H,11,17)(H,18,19,20)/t4?,5-,6+,7+,8?,9?/m1/s1. The minimum absolute atomic E-state index is 0.104. The van der Waals surface area contributed by atoms with Gasteiger partial charge in [-0.3, -0.25) is 4.55 Å². The number of hydrogen-bond acceptors (Lipinski definition) is 9. The second-order valence-electron chi connectivity index (χ2n) is 4.89. The van der Waals surface area contributed by atoms with Crippen molar-refractivity contribution in [2.75, 3.05) is 12.3 Å². The first-order chi connectivity index (χ1) is 10.0. The Kier molecular flexibility index (Phi) is 6.49. The van der Waals surface area contributed by atoms with Crippen LogP contribution < -0.4 is 5.32 Å². The number of amides is 1. The SMILES string of the molecule is O=C(NCCCS(=O)(=O)O)OC1C(O)[C@@H](O)C(O)[C@@H](O)[C@@H]1O. The molecule has 6 atom stereocenters. The topological polar surface area (TPSA) is 194 Å². The molecule has 22 heavy (non-hydrogen) atoms. The highest BCUT2D eigenvalue weighted by atomic mass is 32.2. The molecule has 0 bridgehead atoms. The van der Waals surface area contributed by atoms with E-state index >= 15 is 0 Å². The van der Waals surface area contributed by atoms with Gasteiger partial charge in [-0.05, 0) is 6.42 Å². The number of aliphatic hydroxyl groups is 5. The van der Waals surface area contributed by atoms with Crippen molar-refractivity contribution in [3.63, 3.8) is 0 Å². The van der Waals surface area contributed by atoms with E-state index in [0.29, 0.717) is 0 Å². The van der Waals surface area contributed by atoms with E-state index in [4.69, 9.17) is 4.55 Å². The Morgan fingerprint density at radius 1 is 0.955 bits per heavy atom. The maximum atomic E-state index is 11.4. The molecular formula is C10H19NO10S. The summed E-state index contributed by atoms with van der Waals surface area (Å²) in [6.45, 7) is -0.175. The highest BCUT2D eigenvalue weighted by molar-refractivity contribution is 7.85. The molecule has 1 saturated carbocycles. The van der Waals surface area contributed by atoms with Crippen LogP contribution in [0.1, 0.15) is 6.42 Å². The summed E-state index contributed by atoms with van der Waals surface area (Å²) in [5, 5.41) is 49.6. The number of rotatable bonds is 5. The first-order valence-corrected chi connectivity index (χ1v) is 7.95. The number of alkyl carbamates (subject to hydrolysis) is 1. The number of ether oxygens (including phenoxy) is 1. The van der Waals surface area contributed by atoms with Crippen LogP contribution in [0.2, 0.25) is 0 Å². The zero-order valence-electron chi connectivity index (χ0n) is 11.3. The van der Waals surface area contributed by atoms with Gasteiger partial charge in [-0.2, -0.15) is 8.42 Å². The molecule has 0 heterocycles. The zero-order chi connectivity index (χ0) is 17.1. The van der Waals surface area contributed by atoms with Gasteiger partial charge in [0.1, 0.15) is 30.5 Å². The molecule has 1 fully saturated rings. The van der Waals surface area contributed by atoms with Gasteiger partial charge in [-0.1, -0.05) is 0 Å². The van der Waals surface area contributed by atoms with Gasteiger partial charge >= 0.3 is 6.09 Å². The maximum Gasteiger partial charge on any atom is 0.407 e. The molecule has 0 saturated heterocycles. The lowest BCUT2D eigenvalue weighted by Crippen LogP contribution is -2.64. The fraction of sp³-hybridized carbons (Fsp3) is 0.900. The molecule has 0 aromatic rings. The van der Waals surface area contributed by atoms with E-state index in [1.54, 1.807) is 0 Å². The molecule has 0 radical (unpaired) electrons. The van der Waals surface area contributed by atoms with E-state index in [-0.39, 0.29) is 13.0 Å². The highest BCUT2D eigenvalue weighted by Crippen LogP contribution is 2.23. The van der Waals surface area contributed by atoms with Crippen LogP contribution in [0.5, 0.6) is 0 Å². The van der Waals surface area contributed by atoms with Gasteiger partial charge in [0, 0.05) is 6.54 Å². The van der Waals surface area contributed by atoms with Crippen molar-refractivity contribution in [1.82, 2.24) is 5.32 Å². The van der Waals surface area contributed by atoms with E-state index in [1.165, 1.54) is 0 Å². The lowest BCUT2D eigenvalue weighted by molar-refractivity contribution is -0.222. The zero-order valence-corrected chi connectivity index (χ0v) is 12.1. The van der Waals surface area contributed by atoms with E-state index in [1.807, 2.05) is 0 Å². The quantitative estimate of drug-likeness (QED) is 0.192. The summed E-state index contributed by atoms with van der Waals surface area (Å²) >= 11 is 0. The lowest BCUT2D eigenvalue weighted by Gasteiger charge is -2.40. The number of carbonyl (C=O) groups is 1. The summed E-state index contributed by atoms with van der Waals surface area (Å²) in [4.78, 5) is 11.4. The highest BCUT2D eigenvalue weighted by Gasteiger charge is 2.50. The Morgan fingerprint density at radius 3 is 1.86 bits per heavy atom. The van der Waals surface area contributed by atoms with Crippen molar-refractivity contribution in [2.24, 2.45) is 0 Å². The Balaban J connectivity index is 2.49. The summed E-state index contributed by atoms with van der Waals surface area (Å²) < 4.78 is 34.0. The van der Waals surface area contributed by atoms with E-state index in [0.717, 1.165) is 0 Å². The second kappa shape index (κ2) is 7.50. The normalized spacial score (nSPS) is 35.9. The van der Waals surface area contributed by atoms with Crippen LogP contribution in [0.4, 0.5) is 4.79 Å². The summed E-state index contributed by atoms with van der Waals surface area (Å²) in [6.07, 6.45) is -12.0. The Labute approximate surface area is 125 Å². The molecule has 1 rings (SSSR count). The molecule has 11 nitrogen and oxygen atoms in total. The Bertz CT molecular complexity index is 466. The van der Waals surface area contributed by atoms with Gasteiger partial charge in [0.15, 0.2) is 6.10 Å². The molecule has 130 valence electrons. The average Bonchev–Trinajstić information content (AvgIpc) is 2.43. The molecular weight excluding hydrogens is 326 g/mol. The van der Waals surface area contributed by atoms with Crippen LogP contribution >= 0.6 is 0 Å². The number of nitrogens with one attached hydrogen (secondary N) is 1. The summed E-state index contributed by atoms with van der Waals surface area (Å²) in [5.41, 5.74) is 0. The van der Waals surface area contributed by atoms with Crippen LogP contribution in [0.3, 0.4) is 0 Å². The Hall–Kier alpha value is -1.02. The van der Waals surface area contributed by atoms with Crippen LogP contribution in [-0.4, -0.2) is 93.5 Å². The fourth-order valence-electron chi connectivity index (χ4n) is 1.95. The predicted octanol–water partition coefficient (Wildman–Crippen LogP) is -3.82. The number of carbonyl (C=O) groups excluding carboxylic acids is 1. The molecule has 1 aliphatic rings. The summed E-state index contributed by atoms with van der Waals surface area (Å²) in [6, 6.07) is 0. The van der Waals surface area contributed by atoms with E-state index in [2.05, 4.69) is 10.1 Å². The van der Waals surface area contributed by atoms with Gasteiger partial charge in [0.05, 0.1) is 5.75 Å². The molecule has 1 amide bonds. The summed E-state index contributed by atoms with van der Waals surface area (Å²) in [7, 11) is -4.15. The van der Waals surface area contributed by atoms with Gasteiger partial charge in [-0.25, -0.2) is 4.79 Å². The van der Waals surface area contributed by atoms with Gasteiger partial charge in [-0.15, -0.1) is 0 Å². The van der Waals surface area contributed by atoms with Crippen molar-refractivity contribution < 1.29 is 48.0 Å². The third-order valence-electron chi connectivity index (χ3n) is 3.16. The van der Waals surface area contributed by atoms with Crippen molar-refractivity contribution >= 4 is 16.2 Å². The van der Waals surface area contributed by atoms with E-state index < -0.39 is 58.6 Å². The molecule has 12 heteroatoms.